The largest absolute Gasteiger partial charge is 0.317 e. The van der Waals surface area contributed by atoms with Crippen LogP contribution in [0.15, 0.2) is 24.3 Å². The van der Waals surface area contributed by atoms with Gasteiger partial charge in [-0.3, -0.25) is 0 Å². The second-order valence-electron chi connectivity index (χ2n) is 3.84. The molecule has 1 aliphatic heterocycles. The SMILES string of the molecule is C1CCNCC1.CC1C=CC=CC1. The summed E-state index contributed by atoms with van der Waals surface area (Å²) in [5.41, 5.74) is 0. The Balaban J connectivity index is 0.000000132. The van der Waals surface area contributed by atoms with Crippen molar-refractivity contribution in [3.05, 3.63) is 24.3 Å². The molecule has 0 radical (unpaired) electrons. The Morgan fingerprint density at radius 2 is 1.85 bits per heavy atom. The normalized spacial score (nSPS) is 26.4. The molecule has 0 saturated carbocycles. The van der Waals surface area contributed by atoms with Gasteiger partial charge < -0.3 is 5.32 Å². The molecular formula is C12H21N. The van der Waals surface area contributed by atoms with Crippen molar-refractivity contribution >= 4 is 0 Å². The van der Waals surface area contributed by atoms with Crippen molar-refractivity contribution in [2.24, 2.45) is 5.92 Å². The number of piperidine rings is 1. The van der Waals surface area contributed by atoms with E-state index < -0.39 is 0 Å². The molecule has 0 aromatic heterocycles. The zero-order chi connectivity index (χ0) is 9.36. The van der Waals surface area contributed by atoms with Gasteiger partial charge in [-0.05, 0) is 38.3 Å². The summed E-state index contributed by atoms with van der Waals surface area (Å²) in [6, 6.07) is 0. The number of hydrogen-bond donors (Lipinski definition) is 1. The second-order valence-corrected chi connectivity index (χ2v) is 3.84. The van der Waals surface area contributed by atoms with Crippen molar-refractivity contribution in [3.8, 4) is 0 Å². The van der Waals surface area contributed by atoms with Gasteiger partial charge in [0.1, 0.15) is 0 Å². The highest BCUT2D eigenvalue weighted by Crippen LogP contribution is 2.08. The van der Waals surface area contributed by atoms with Crippen LogP contribution in [-0.4, -0.2) is 13.1 Å². The van der Waals surface area contributed by atoms with Crippen molar-refractivity contribution in [1.29, 1.82) is 0 Å². The highest BCUT2D eigenvalue weighted by Gasteiger charge is 1.94. The lowest BCUT2D eigenvalue weighted by Crippen LogP contribution is -2.21. The van der Waals surface area contributed by atoms with E-state index in [0.717, 1.165) is 5.92 Å². The van der Waals surface area contributed by atoms with Gasteiger partial charge in [-0.15, -0.1) is 0 Å². The monoisotopic (exact) mass is 179 g/mol. The summed E-state index contributed by atoms with van der Waals surface area (Å²) >= 11 is 0. The maximum Gasteiger partial charge on any atom is -0.00489 e. The number of nitrogens with one attached hydrogen (secondary N) is 1. The van der Waals surface area contributed by atoms with E-state index >= 15 is 0 Å². The zero-order valence-corrected chi connectivity index (χ0v) is 8.63. The van der Waals surface area contributed by atoms with Crippen LogP contribution in [0.5, 0.6) is 0 Å². The van der Waals surface area contributed by atoms with Gasteiger partial charge in [0.2, 0.25) is 0 Å². The van der Waals surface area contributed by atoms with Crippen LogP contribution < -0.4 is 5.32 Å². The smallest absolute Gasteiger partial charge is 0.00489 e. The molecule has 1 heteroatoms. The molecule has 1 nitrogen and oxygen atoms in total. The fourth-order valence-electron chi connectivity index (χ4n) is 1.51. The van der Waals surface area contributed by atoms with E-state index in [4.69, 9.17) is 0 Å². The molecule has 1 heterocycles. The summed E-state index contributed by atoms with van der Waals surface area (Å²) in [7, 11) is 0. The topological polar surface area (TPSA) is 12.0 Å². The van der Waals surface area contributed by atoms with E-state index in [1.807, 2.05) is 0 Å². The van der Waals surface area contributed by atoms with E-state index in [-0.39, 0.29) is 0 Å². The van der Waals surface area contributed by atoms with Gasteiger partial charge in [-0.2, -0.15) is 0 Å². The van der Waals surface area contributed by atoms with Gasteiger partial charge in [-0.1, -0.05) is 37.6 Å². The standard InChI is InChI=1S/C7H10.C5H11N/c1-7-5-3-2-4-6-7;1-2-4-6-5-3-1/h2-5,7H,6H2,1H3;6H,1-5H2. The summed E-state index contributed by atoms with van der Waals surface area (Å²) in [6.45, 7) is 4.72. The minimum Gasteiger partial charge on any atom is -0.317 e. The van der Waals surface area contributed by atoms with E-state index in [1.165, 1.54) is 38.8 Å². The Hall–Kier alpha value is -0.560. The van der Waals surface area contributed by atoms with E-state index in [2.05, 4.69) is 36.5 Å². The van der Waals surface area contributed by atoms with Gasteiger partial charge in [-0.25, -0.2) is 0 Å². The van der Waals surface area contributed by atoms with Crippen LogP contribution in [0.25, 0.3) is 0 Å². The van der Waals surface area contributed by atoms with Gasteiger partial charge in [0.05, 0.1) is 0 Å². The molecule has 0 amide bonds. The van der Waals surface area contributed by atoms with Crippen LogP contribution in [0.1, 0.15) is 32.6 Å². The Morgan fingerprint density at radius 1 is 1.08 bits per heavy atom. The Labute approximate surface area is 81.9 Å². The van der Waals surface area contributed by atoms with Crippen LogP contribution in [0.3, 0.4) is 0 Å². The number of allylic oxidation sites excluding steroid dienone is 4. The predicted octanol–water partition coefficient (Wildman–Crippen LogP) is 2.90. The van der Waals surface area contributed by atoms with Crippen LogP contribution >= 0.6 is 0 Å². The molecule has 13 heavy (non-hydrogen) atoms. The van der Waals surface area contributed by atoms with Crippen molar-refractivity contribution in [1.82, 2.24) is 5.32 Å². The zero-order valence-electron chi connectivity index (χ0n) is 8.63. The summed E-state index contributed by atoms with van der Waals surface area (Å²) in [5.74, 6) is 0.769. The van der Waals surface area contributed by atoms with Crippen molar-refractivity contribution < 1.29 is 0 Å². The van der Waals surface area contributed by atoms with Crippen LogP contribution in [0.4, 0.5) is 0 Å². The number of hydrogen-bond acceptors (Lipinski definition) is 1. The molecule has 1 unspecified atom stereocenters. The third-order valence-electron chi connectivity index (χ3n) is 2.40. The van der Waals surface area contributed by atoms with Gasteiger partial charge in [0, 0.05) is 0 Å². The van der Waals surface area contributed by atoms with Crippen LogP contribution in [0, 0.1) is 5.92 Å². The molecule has 74 valence electrons. The minimum absolute atomic E-state index is 0.769. The third-order valence-corrected chi connectivity index (χ3v) is 2.40. The molecule has 0 aromatic carbocycles. The van der Waals surface area contributed by atoms with Crippen LogP contribution in [-0.2, 0) is 0 Å². The summed E-state index contributed by atoms with van der Waals surface area (Å²) in [4.78, 5) is 0. The first-order chi connectivity index (χ1) is 6.39. The maximum absolute atomic E-state index is 3.28. The molecule has 0 aromatic rings. The van der Waals surface area contributed by atoms with Gasteiger partial charge >= 0.3 is 0 Å². The maximum atomic E-state index is 3.28. The lowest BCUT2D eigenvalue weighted by molar-refractivity contribution is 0.520. The van der Waals surface area contributed by atoms with Crippen molar-refractivity contribution in [2.45, 2.75) is 32.6 Å². The predicted molar refractivity (Wildman–Crippen MR) is 58.8 cm³/mol. The van der Waals surface area contributed by atoms with Gasteiger partial charge in [0.25, 0.3) is 0 Å². The Kier molecular flexibility index (Phi) is 5.59. The lowest BCUT2D eigenvalue weighted by Gasteiger charge is -2.08. The molecule has 1 fully saturated rings. The van der Waals surface area contributed by atoms with Crippen molar-refractivity contribution in [3.63, 3.8) is 0 Å². The fourth-order valence-corrected chi connectivity index (χ4v) is 1.51. The highest BCUT2D eigenvalue weighted by atomic mass is 14.9. The first-order valence-corrected chi connectivity index (χ1v) is 5.43. The molecule has 2 rings (SSSR count). The molecular weight excluding hydrogens is 158 g/mol. The molecule has 1 atom stereocenters. The van der Waals surface area contributed by atoms with Gasteiger partial charge in [0.15, 0.2) is 0 Å². The average Bonchev–Trinajstić information content (AvgIpc) is 2.22. The minimum atomic E-state index is 0.769. The summed E-state index contributed by atoms with van der Waals surface area (Å²) in [5, 5.41) is 3.28. The molecule has 0 spiro atoms. The Bertz CT molecular complexity index is 154. The molecule has 1 N–H and O–H groups in total. The summed E-state index contributed by atoms with van der Waals surface area (Å²) in [6.07, 6.45) is 14.1. The highest BCUT2D eigenvalue weighted by molar-refractivity contribution is 5.09. The molecule has 1 saturated heterocycles. The first kappa shape index (κ1) is 10.5. The van der Waals surface area contributed by atoms with Crippen LogP contribution in [0.2, 0.25) is 0 Å². The molecule has 1 aliphatic carbocycles. The number of rotatable bonds is 0. The second kappa shape index (κ2) is 6.90. The third kappa shape index (κ3) is 5.64. The Morgan fingerprint density at radius 3 is 2.08 bits per heavy atom. The quantitative estimate of drug-likeness (QED) is 0.603. The first-order valence-electron chi connectivity index (χ1n) is 5.43. The molecule has 2 aliphatic rings. The molecule has 0 bridgehead atoms. The lowest BCUT2D eigenvalue weighted by atomic mass is 10.0. The van der Waals surface area contributed by atoms with E-state index in [1.54, 1.807) is 0 Å². The van der Waals surface area contributed by atoms with E-state index in [0.29, 0.717) is 0 Å². The van der Waals surface area contributed by atoms with E-state index in [9.17, 15) is 0 Å². The average molecular weight is 179 g/mol. The summed E-state index contributed by atoms with van der Waals surface area (Å²) < 4.78 is 0. The van der Waals surface area contributed by atoms with Crippen molar-refractivity contribution in [2.75, 3.05) is 13.1 Å². The fraction of sp³-hybridized carbons (Fsp3) is 0.667.